The second-order valence-electron chi connectivity index (χ2n) is 11.6. The molecule has 4 amide bonds. The molecule has 0 saturated carbocycles. The Kier molecular flexibility index (Phi) is 9.05. The quantitative estimate of drug-likeness (QED) is 0.187. The molecule has 2 saturated heterocycles. The van der Waals surface area contributed by atoms with Gasteiger partial charge < -0.3 is 35.8 Å². The summed E-state index contributed by atoms with van der Waals surface area (Å²) in [5.74, 6) is -0.432. The number of anilines is 1. The highest BCUT2D eigenvalue weighted by Gasteiger charge is 2.52. The van der Waals surface area contributed by atoms with Crippen LogP contribution in [0.15, 0.2) is 60.7 Å². The number of fused-ring (bicyclic) bond motifs is 2. The van der Waals surface area contributed by atoms with Crippen LogP contribution in [0.1, 0.15) is 30.0 Å². The molecule has 5 N–H and O–H groups in total. The van der Waals surface area contributed by atoms with E-state index < -0.39 is 12.2 Å². The van der Waals surface area contributed by atoms with E-state index in [1.54, 1.807) is 33.0 Å². The van der Waals surface area contributed by atoms with Crippen molar-refractivity contribution in [3.05, 3.63) is 77.4 Å². The first-order valence-corrected chi connectivity index (χ1v) is 16.2. The number of thiazole rings is 1. The van der Waals surface area contributed by atoms with Crippen LogP contribution in [0.25, 0.3) is 10.2 Å². The van der Waals surface area contributed by atoms with Gasteiger partial charge in [-0.25, -0.2) is 9.78 Å². The highest BCUT2D eigenvalue weighted by Crippen LogP contribution is 2.33. The average molecular weight is 660 g/mol. The minimum absolute atomic E-state index is 0.0860. The van der Waals surface area contributed by atoms with Crippen molar-refractivity contribution in [1.29, 1.82) is 0 Å². The summed E-state index contributed by atoms with van der Waals surface area (Å²) in [7, 11) is 1.59. The van der Waals surface area contributed by atoms with Crippen LogP contribution >= 0.6 is 11.3 Å². The summed E-state index contributed by atoms with van der Waals surface area (Å²) < 4.78 is 6.13. The molecule has 14 heteroatoms. The van der Waals surface area contributed by atoms with Gasteiger partial charge >= 0.3 is 6.03 Å². The Balaban J connectivity index is 1.30. The average Bonchev–Trinajstić information content (AvgIpc) is 3.61. The number of urea groups is 1. The standard InChI is InChI=1S/C33H37N7O6S/c1-3-13-38(33(45)35-16-20-7-10-23(46-2)11-8-20)39-19-29(43)40-24(14-21-9-12-25(41)26(42)15-21)31(44)37(18-28(39)40)17-22-5-4-6-27-30(22)36-32(34)47-27/h4-12,15,24,28,41-42H,3,13-14,16-19H2,1-2H3,(H2,34,36)(H,35,45)/t24-,28+/m0/s1. The third-order valence-electron chi connectivity index (χ3n) is 8.50. The molecular weight excluding hydrogens is 622 g/mol. The summed E-state index contributed by atoms with van der Waals surface area (Å²) in [5.41, 5.74) is 9.00. The van der Waals surface area contributed by atoms with E-state index >= 15 is 0 Å². The van der Waals surface area contributed by atoms with Crippen LogP contribution in [-0.4, -0.2) is 91.8 Å². The molecule has 0 bridgehead atoms. The maximum absolute atomic E-state index is 14.2. The van der Waals surface area contributed by atoms with Crippen LogP contribution in [-0.2, 0) is 29.1 Å². The van der Waals surface area contributed by atoms with E-state index in [-0.39, 0.29) is 61.9 Å². The number of nitrogens with zero attached hydrogens (tertiary/aromatic N) is 5. The highest BCUT2D eigenvalue weighted by atomic mass is 32.1. The summed E-state index contributed by atoms with van der Waals surface area (Å²) in [4.78, 5) is 49.4. The van der Waals surface area contributed by atoms with Gasteiger partial charge in [-0.05, 0) is 53.4 Å². The lowest BCUT2D eigenvalue weighted by molar-refractivity contribution is -0.157. The number of carbonyl (C=O) groups is 3. The molecule has 2 aliphatic rings. The predicted octanol–water partition coefficient (Wildman–Crippen LogP) is 3.26. The van der Waals surface area contributed by atoms with Crippen molar-refractivity contribution in [3.63, 3.8) is 0 Å². The van der Waals surface area contributed by atoms with Crippen LogP contribution in [0.5, 0.6) is 17.2 Å². The number of nitrogen functional groups attached to an aromatic ring is 1. The molecular formula is C33H37N7O6S. The van der Waals surface area contributed by atoms with E-state index in [9.17, 15) is 24.6 Å². The number of benzene rings is 3. The third-order valence-corrected chi connectivity index (χ3v) is 9.35. The molecule has 13 nitrogen and oxygen atoms in total. The minimum atomic E-state index is -0.916. The molecule has 0 aliphatic carbocycles. The number of methoxy groups -OCH3 is 1. The number of rotatable bonds is 10. The molecule has 2 fully saturated rings. The Morgan fingerprint density at radius 1 is 1.11 bits per heavy atom. The van der Waals surface area contributed by atoms with Gasteiger partial charge in [0.1, 0.15) is 18.0 Å². The second kappa shape index (κ2) is 13.3. The number of nitrogens with one attached hydrogen (secondary N) is 1. The monoisotopic (exact) mass is 659 g/mol. The van der Waals surface area contributed by atoms with E-state index in [2.05, 4.69) is 10.3 Å². The van der Waals surface area contributed by atoms with Gasteiger partial charge in [0.15, 0.2) is 16.6 Å². The van der Waals surface area contributed by atoms with Gasteiger partial charge in [0.05, 0.1) is 30.4 Å². The zero-order valence-corrected chi connectivity index (χ0v) is 26.9. The van der Waals surface area contributed by atoms with Gasteiger partial charge in [-0.3, -0.25) is 14.6 Å². The zero-order valence-electron chi connectivity index (χ0n) is 26.1. The Morgan fingerprint density at radius 3 is 2.60 bits per heavy atom. The number of para-hydroxylation sites is 1. The zero-order chi connectivity index (χ0) is 33.2. The maximum Gasteiger partial charge on any atom is 0.332 e. The van der Waals surface area contributed by atoms with Crippen molar-refractivity contribution >= 4 is 44.5 Å². The van der Waals surface area contributed by atoms with Crippen LogP contribution < -0.4 is 15.8 Å². The van der Waals surface area contributed by atoms with Crippen LogP contribution in [0, 0.1) is 0 Å². The molecule has 6 rings (SSSR count). The number of aromatic nitrogens is 1. The van der Waals surface area contributed by atoms with Crippen LogP contribution in [0.3, 0.4) is 0 Å². The number of piperazine rings is 1. The number of ether oxygens (including phenoxy) is 1. The van der Waals surface area contributed by atoms with Crippen LogP contribution in [0.2, 0.25) is 0 Å². The number of carbonyl (C=O) groups excluding carboxylic acids is 3. The third kappa shape index (κ3) is 6.46. The predicted molar refractivity (Wildman–Crippen MR) is 176 cm³/mol. The molecule has 2 atom stereocenters. The largest absolute Gasteiger partial charge is 0.504 e. The van der Waals surface area contributed by atoms with Crippen molar-refractivity contribution in [2.24, 2.45) is 0 Å². The van der Waals surface area contributed by atoms with Crippen molar-refractivity contribution in [1.82, 2.24) is 30.1 Å². The second-order valence-corrected chi connectivity index (χ2v) is 12.6. The first-order chi connectivity index (χ1) is 22.7. The Labute approximate surface area is 275 Å². The number of hydrogen-bond donors (Lipinski definition) is 4. The van der Waals surface area contributed by atoms with E-state index in [1.807, 2.05) is 49.4 Å². The molecule has 246 valence electrons. The molecule has 0 radical (unpaired) electrons. The summed E-state index contributed by atoms with van der Waals surface area (Å²) in [5, 5.41) is 26.8. The van der Waals surface area contributed by atoms with Crippen molar-refractivity contribution in [3.8, 4) is 17.2 Å². The number of phenols is 2. The van der Waals surface area contributed by atoms with E-state index in [0.717, 1.165) is 21.3 Å². The van der Waals surface area contributed by atoms with E-state index in [0.29, 0.717) is 29.4 Å². The number of aromatic hydroxyl groups is 2. The van der Waals surface area contributed by atoms with Gasteiger partial charge in [-0.15, -0.1) is 0 Å². The fourth-order valence-electron chi connectivity index (χ4n) is 6.24. The minimum Gasteiger partial charge on any atom is -0.504 e. The van der Waals surface area contributed by atoms with Gasteiger partial charge in [0.2, 0.25) is 11.8 Å². The Bertz CT molecular complexity index is 1800. The number of amides is 4. The normalized spacial score (nSPS) is 18.1. The fourth-order valence-corrected chi connectivity index (χ4v) is 7.02. The van der Waals surface area contributed by atoms with Crippen molar-refractivity contribution < 1.29 is 29.3 Å². The molecule has 2 aliphatic heterocycles. The Morgan fingerprint density at radius 2 is 1.87 bits per heavy atom. The van der Waals surface area contributed by atoms with E-state index in [4.69, 9.17) is 10.5 Å². The van der Waals surface area contributed by atoms with Gasteiger partial charge in [0, 0.05) is 26.1 Å². The molecule has 0 unspecified atom stereocenters. The SMILES string of the molecule is CCCN(C(=O)NCc1ccc(OC)cc1)N1CC(=O)N2[C@@H](Cc3ccc(O)c(O)c3)C(=O)N(Cc3cccc4sc(N)nc34)C[C@@H]21. The van der Waals surface area contributed by atoms with Gasteiger partial charge in [-0.1, -0.05) is 48.6 Å². The number of hydrogen-bond acceptors (Lipinski definition) is 10. The van der Waals surface area contributed by atoms with Crippen molar-refractivity contribution in [2.75, 3.05) is 32.5 Å². The molecule has 47 heavy (non-hydrogen) atoms. The molecule has 3 aromatic carbocycles. The number of phenolic OH excluding ortho intramolecular Hbond substituents is 2. The maximum atomic E-state index is 14.2. The fraction of sp³-hybridized carbons (Fsp3) is 0.333. The first kappa shape index (κ1) is 31.9. The van der Waals surface area contributed by atoms with Gasteiger partial charge in [-0.2, -0.15) is 5.01 Å². The topological polar surface area (TPSA) is 165 Å². The summed E-state index contributed by atoms with van der Waals surface area (Å²) in [6, 6.07) is 16.2. The lowest BCUT2D eigenvalue weighted by Crippen LogP contribution is -2.66. The molecule has 3 heterocycles. The summed E-state index contributed by atoms with van der Waals surface area (Å²) >= 11 is 1.37. The highest BCUT2D eigenvalue weighted by molar-refractivity contribution is 7.22. The van der Waals surface area contributed by atoms with E-state index in [1.165, 1.54) is 23.5 Å². The smallest absolute Gasteiger partial charge is 0.332 e. The number of nitrogens with two attached hydrogens (primary N) is 1. The summed E-state index contributed by atoms with van der Waals surface area (Å²) in [6.45, 7) is 2.88. The lowest BCUT2D eigenvalue weighted by Gasteiger charge is -2.46. The van der Waals surface area contributed by atoms with Crippen LogP contribution in [0.4, 0.5) is 9.93 Å². The molecule has 0 spiro atoms. The summed E-state index contributed by atoms with van der Waals surface area (Å²) in [6.07, 6.45) is 0.109. The van der Waals surface area contributed by atoms with Crippen molar-refractivity contribution in [2.45, 2.75) is 45.1 Å². The number of hydrazine groups is 1. The lowest BCUT2D eigenvalue weighted by atomic mass is 9.99. The Hall–Kier alpha value is -5.08. The molecule has 1 aromatic heterocycles. The first-order valence-electron chi connectivity index (χ1n) is 15.4. The molecule has 4 aromatic rings. The van der Waals surface area contributed by atoms with Gasteiger partial charge in [0.25, 0.3) is 0 Å².